The second-order valence-corrected chi connectivity index (χ2v) is 9.62. The minimum Gasteiger partial charge on any atom is -0.497 e. The lowest BCUT2D eigenvalue weighted by Crippen LogP contribution is -2.35. The van der Waals surface area contributed by atoms with E-state index in [2.05, 4.69) is 37.9 Å². The summed E-state index contributed by atoms with van der Waals surface area (Å²) < 4.78 is 6.27. The second kappa shape index (κ2) is 9.38. The Morgan fingerprint density at radius 3 is 2.69 bits per heavy atom. The number of halogens is 1. The number of benzene rings is 1. The van der Waals surface area contributed by atoms with E-state index in [1.165, 1.54) is 16.9 Å². The maximum atomic E-state index is 13.0. The van der Waals surface area contributed by atoms with E-state index in [-0.39, 0.29) is 5.91 Å². The number of rotatable bonds is 5. The molecule has 0 spiro atoms. The van der Waals surface area contributed by atoms with Crippen molar-refractivity contribution in [1.82, 2.24) is 14.8 Å². The number of aromatic nitrogens is 1. The molecule has 1 aromatic carbocycles. The number of amides is 1. The van der Waals surface area contributed by atoms with Crippen LogP contribution < -0.4 is 4.74 Å². The first-order valence-electron chi connectivity index (χ1n) is 9.47. The van der Waals surface area contributed by atoms with Crippen molar-refractivity contribution < 1.29 is 9.53 Å². The van der Waals surface area contributed by atoms with Gasteiger partial charge in [-0.15, -0.1) is 22.7 Å². The van der Waals surface area contributed by atoms with Crippen LogP contribution in [0.4, 0.5) is 0 Å². The van der Waals surface area contributed by atoms with Gasteiger partial charge in [0, 0.05) is 48.0 Å². The molecule has 0 N–H and O–H groups in total. The van der Waals surface area contributed by atoms with Gasteiger partial charge in [-0.1, -0.05) is 12.1 Å². The highest BCUT2D eigenvalue weighted by molar-refractivity contribution is 9.10. The third-order valence-corrected chi connectivity index (χ3v) is 7.65. The molecule has 0 aliphatic carbocycles. The third-order valence-electron chi connectivity index (χ3n) is 4.94. The molecule has 0 radical (unpaired) electrons. The van der Waals surface area contributed by atoms with Crippen LogP contribution in [0.2, 0.25) is 0 Å². The van der Waals surface area contributed by atoms with Gasteiger partial charge < -0.3 is 9.64 Å². The third kappa shape index (κ3) is 5.06. The highest BCUT2D eigenvalue weighted by atomic mass is 79.9. The summed E-state index contributed by atoms with van der Waals surface area (Å²) in [6, 6.07) is 10.2. The van der Waals surface area contributed by atoms with Crippen LogP contribution in [0.15, 0.2) is 45.6 Å². The van der Waals surface area contributed by atoms with E-state index in [1.807, 2.05) is 33.9 Å². The van der Waals surface area contributed by atoms with Crippen molar-refractivity contribution in [3.05, 3.63) is 56.8 Å². The van der Waals surface area contributed by atoms with Crippen molar-refractivity contribution in [3.63, 3.8) is 0 Å². The van der Waals surface area contributed by atoms with Gasteiger partial charge in [0.05, 0.1) is 12.0 Å². The number of ether oxygens (including phenoxy) is 1. The van der Waals surface area contributed by atoms with Crippen molar-refractivity contribution in [2.45, 2.75) is 13.0 Å². The predicted octanol–water partition coefficient (Wildman–Crippen LogP) is 4.99. The number of thiazole rings is 1. The van der Waals surface area contributed by atoms with Crippen LogP contribution in [0.3, 0.4) is 0 Å². The minimum atomic E-state index is 0.0365. The summed E-state index contributed by atoms with van der Waals surface area (Å²) in [5.74, 6) is 0.911. The zero-order chi connectivity index (χ0) is 20.2. The first kappa shape index (κ1) is 20.5. The fourth-order valence-electron chi connectivity index (χ4n) is 3.39. The van der Waals surface area contributed by atoms with E-state index in [0.29, 0.717) is 5.69 Å². The molecule has 29 heavy (non-hydrogen) atoms. The summed E-state index contributed by atoms with van der Waals surface area (Å²) in [7, 11) is 1.68. The van der Waals surface area contributed by atoms with Gasteiger partial charge in [-0.2, -0.15) is 0 Å². The molecule has 5 nitrogen and oxygen atoms in total. The number of methoxy groups -OCH3 is 1. The summed E-state index contributed by atoms with van der Waals surface area (Å²) in [6.45, 7) is 4.25. The molecule has 0 atom stereocenters. The highest BCUT2D eigenvalue weighted by Gasteiger charge is 2.22. The van der Waals surface area contributed by atoms with Crippen LogP contribution in [0.25, 0.3) is 9.88 Å². The average molecular weight is 492 g/mol. The molecule has 1 amide bonds. The van der Waals surface area contributed by atoms with Gasteiger partial charge in [0.2, 0.25) is 0 Å². The molecule has 1 aliphatic rings. The van der Waals surface area contributed by atoms with Gasteiger partial charge >= 0.3 is 0 Å². The second-order valence-electron chi connectivity index (χ2n) is 6.94. The molecule has 0 bridgehead atoms. The lowest BCUT2D eigenvalue weighted by molar-refractivity contribution is 0.0756. The average Bonchev–Trinajstić information content (AvgIpc) is 3.33. The minimum absolute atomic E-state index is 0.0365. The Morgan fingerprint density at radius 2 is 1.97 bits per heavy atom. The molecule has 1 saturated heterocycles. The zero-order valence-electron chi connectivity index (χ0n) is 16.1. The number of nitrogens with zero attached hydrogens (tertiary/aromatic N) is 3. The van der Waals surface area contributed by atoms with Crippen LogP contribution in [-0.4, -0.2) is 54.0 Å². The summed E-state index contributed by atoms with van der Waals surface area (Å²) >= 11 is 6.63. The number of thiophene rings is 1. The summed E-state index contributed by atoms with van der Waals surface area (Å²) in [5, 5.41) is 4.82. The fourth-order valence-corrected chi connectivity index (χ4v) is 5.70. The fraction of sp³-hybridized carbons (Fsp3) is 0.333. The topological polar surface area (TPSA) is 45.7 Å². The Balaban J connectivity index is 1.36. The van der Waals surface area contributed by atoms with Gasteiger partial charge in [-0.25, -0.2) is 4.98 Å². The molecule has 0 saturated carbocycles. The maximum absolute atomic E-state index is 13.0. The lowest BCUT2D eigenvalue weighted by Gasteiger charge is -2.21. The number of hydrogen-bond donors (Lipinski definition) is 0. The summed E-state index contributed by atoms with van der Waals surface area (Å²) in [4.78, 5) is 23.0. The molecule has 1 fully saturated rings. The van der Waals surface area contributed by atoms with Crippen molar-refractivity contribution in [2.75, 3.05) is 33.3 Å². The predicted molar refractivity (Wildman–Crippen MR) is 122 cm³/mol. The molecule has 2 aromatic heterocycles. The summed E-state index contributed by atoms with van der Waals surface area (Å²) in [5.41, 5.74) is 1.81. The van der Waals surface area contributed by atoms with E-state index >= 15 is 0 Å². The Labute approximate surface area is 187 Å². The van der Waals surface area contributed by atoms with Gasteiger partial charge in [-0.05, 0) is 46.1 Å². The molecular weight excluding hydrogens is 470 g/mol. The van der Waals surface area contributed by atoms with Crippen LogP contribution in [0.1, 0.15) is 22.5 Å². The molecule has 8 heteroatoms. The van der Waals surface area contributed by atoms with E-state index < -0.39 is 0 Å². The van der Waals surface area contributed by atoms with Gasteiger partial charge in [0.1, 0.15) is 16.5 Å². The van der Waals surface area contributed by atoms with E-state index in [9.17, 15) is 4.79 Å². The van der Waals surface area contributed by atoms with Crippen molar-refractivity contribution in [1.29, 1.82) is 0 Å². The SMILES string of the molecule is COc1ccc(CN2CCCN(C(=O)c3csc(-c4cc(Br)cs4)n3)CC2)cc1. The van der Waals surface area contributed by atoms with Crippen molar-refractivity contribution in [3.8, 4) is 15.6 Å². The summed E-state index contributed by atoms with van der Waals surface area (Å²) in [6.07, 6.45) is 0.969. The van der Waals surface area contributed by atoms with Crippen LogP contribution in [0.5, 0.6) is 5.75 Å². The first-order chi connectivity index (χ1) is 14.1. The lowest BCUT2D eigenvalue weighted by atomic mass is 10.2. The van der Waals surface area contributed by atoms with Crippen molar-refractivity contribution >= 4 is 44.5 Å². The number of hydrogen-bond acceptors (Lipinski definition) is 6. The maximum Gasteiger partial charge on any atom is 0.273 e. The largest absolute Gasteiger partial charge is 0.497 e. The van der Waals surface area contributed by atoms with E-state index in [1.54, 1.807) is 18.4 Å². The molecule has 4 rings (SSSR count). The Morgan fingerprint density at radius 1 is 1.14 bits per heavy atom. The van der Waals surface area contributed by atoms with Gasteiger partial charge in [0.25, 0.3) is 5.91 Å². The standard InChI is InChI=1S/C21H22BrN3O2S2/c1-27-17-5-3-15(4-6-17)12-24-7-2-8-25(10-9-24)21(26)18-14-29-20(23-18)19-11-16(22)13-28-19/h3-6,11,13-14H,2,7-10,12H2,1H3. The molecule has 3 heterocycles. The monoisotopic (exact) mass is 491 g/mol. The van der Waals surface area contributed by atoms with Crippen molar-refractivity contribution in [2.24, 2.45) is 0 Å². The van der Waals surface area contributed by atoms with Crippen LogP contribution in [0, 0.1) is 0 Å². The molecule has 1 aliphatic heterocycles. The first-order valence-corrected chi connectivity index (χ1v) is 12.0. The Bertz CT molecular complexity index is 970. The van der Waals surface area contributed by atoms with Crippen LogP contribution in [-0.2, 0) is 6.54 Å². The molecule has 152 valence electrons. The van der Waals surface area contributed by atoms with E-state index in [4.69, 9.17) is 4.74 Å². The van der Waals surface area contributed by atoms with Crippen LogP contribution >= 0.6 is 38.6 Å². The normalized spacial score (nSPS) is 15.3. The Kier molecular flexibility index (Phi) is 6.64. The van der Waals surface area contributed by atoms with Gasteiger partial charge in [-0.3, -0.25) is 9.69 Å². The smallest absolute Gasteiger partial charge is 0.273 e. The number of carbonyl (C=O) groups excluding carboxylic acids is 1. The Hall–Kier alpha value is -1.74. The molecule has 3 aromatic rings. The highest BCUT2D eigenvalue weighted by Crippen LogP contribution is 2.32. The van der Waals surface area contributed by atoms with E-state index in [0.717, 1.165) is 59.3 Å². The number of carbonyl (C=O) groups is 1. The quantitative estimate of drug-likeness (QED) is 0.504. The zero-order valence-corrected chi connectivity index (χ0v) is 19.4. The molecule has 0 unspecified atom stereocenters. The molecular formula is C21H22BrN3O2S2. The van der Waals surface area contributed by atoms with Gasteiger partial charge in [0.15, 0.2) is 0 Å².